The van der Waals surface area contributed by atoms with E-state index in [1.807, 2.05) is 0 Å². The maximum atomic E-state index is 8.24. The monoisotopic (exact) mass is 1000 g/mol. The normalized spacial score (nSPS) is 13.4. The molecular formula is C72H90O3. The van der Waals surface area contributed by atoms with Crippen molar-refractivity contribution in [1.82, 2.24) is 0 Å². The third kappa shape index (κ3) is 13.2. The molecule has 0 amide bonds. The van der Waals surface area contributed by atoms with Crippen LogP contribution in [0.2, 0.25) is 0 Å². The average Bonchev–Trinajstić information content (AvgIpc) is 3.46. The maximum Gasteiger partial charge on any atom is 0.178 e. The molecule has 8 aromatic carbocycles. The van der Waals surface area contributed by atoms with E-state index in [1.165, 1.54) is 142 Å². The Labute approximate surface area is 452 Å². The minimum absolute atomic E-state index is 0.519. The second-order valence-electron chi connectivity index (χ2n) is 22.1. The maximum absolute atomic E-state index is 8.24. The molecule has 0 N–H and O–H groups in total. The average molecular weight is 1000 g/mol. The van der Waals surface area contributed by atoms with Gasteiger partial charge < -0.3 is 14.2 Å². The van der Waals surface area contributed by atoms with Crippen LogP contribution in [0.15, 0.2) is 133 Å². The Balaban J connectivity index is 1.54. The fraction of sp³-hybridized carbons (Fsp3) is 0.444. The van der Waals surface area contributed by atoms with Gasteiger partial charge in [0.2, 0.25) is 0 Å². The first-order chi connectivity index (χ1) is 36.9. The van der Waals surface area contributed by atoms with E-state index in [2.05, 4.69) is 189 Å². The van der Waals surface area contributed by atoms with E-state index < -0.39 is 0 Å². The number of para-hydroxylation sites is 2. The molecule has 4 atom stereocenters. The first-order valence-corrected chi connectivity index (χ1v) is 30.0. The van der Waals surface area contributed by atoms with Crippen LogP contribution in [0, 0.1) is 23.7 Å². The Morgan fingerprint density at radius 3 is 0.893 bits per heavy atom. The molecular weight excluding hydrogens is 913 g/mol. The van der Waals surface area contributed by atoms with Crippen LogP contribution in [-0.2, 0) is 25.7 Å². The van der Waals surface area contributed by atoms with Gasteiger partial charge in [-0.15, -0.1) is 0 Å². The van der Waals surface area contributed by atoms with Crippen molar-refractivity contribution in [3.8, 4) is 34.5 Å². The highest BCUT2D eigenvalue weighted by atomic mass is 16.5. The Kier molecular flexibility index (Phi) is 20.6. The lowest BCUT2D eigenvalue weighted by Crippen LogP contribution is -2.10. The fourth-order valence-electron chi connectivity index (χ4n) is 12.3. The third-order valence-corrected chi connectivity index (χ3v) is 16.9. The zero-order valence-corrected chi connectivity index (χ0v) is 47.4. The number of fused-ring (bicyclic) bond motifs is 4. The van der Waals surface area contributed by atoms with E-state index in [1.54, 1.807) is 0 Å². The second kappa shape index (κ2) is 27.8. The van der Waals surface area contributed by atoms with Gasteiger partial charge in [0.25, 0.3) is 0 Å². The molecule has 0 aliphatic heterocycles. The summed E-state index contributed by atoms with van der Waals surface area (Å²) in [6.45, 7) is 18.9. The number of rotatable bonds is 30. The molecule has 396 valence electrons. The Bertz CT molecular complexity index is 2840. The van der Waals surface area contributed by atoms with Gasteiger partial charge in [0, 0.05) is 10.8 Å². The molecule has 0 radical (unpaired) electrons. The lowest BCUT2D eigenvalue weighted by molar-refractivity contribution is 0.399. The smallest absolute Gasteiger partial charge is 0.178 e. The highest BCUT2D eigenvalue weighted by molar-refractivity contribution is 6.11. The van der Waals surface area contributed by atoms with Gasteiger partial charge in [0.1, 0.15) is 11.5 Å². The number of hydrogen-bond donors (Lipinski definition) is 0. The van der Waals surface area contributed by atoms with Crippen molar-refractivity contribution in [1.29, 1.82) is 0 Å². The van der Waals surface area contributed by atoms with Gasteiger partial charge in [0.15, 0.2) is 23.0 Å². The summed E-state index contributed by atoms with van der Waals surface area (Å²) in [5.41, 5.74) is 5.59. The van der Waals surface area contributed by atoms with Gasteiger partial charge in [-0.2, -0.15) is 0 Å². The van der Waals surface area contributed by atoms with E-state index in [9.17, 15) is 0 Å². The minimum Gasteiger partial charge on any atom is -0.453 e. The highest BCUT2D eigenvalue weighted by Gasteiger charge is 2.29. The lowest BCUT2D eigenvalue weighted by Gasteiger charge is -2.27. The molecule has 0 aliphatic rings. The zero-order chi connectivity index (χ0) is 52.5. The largest absolute Gasteiger partial charge is 0.453 e. The molecule has 8 rings (SSSR count). The summed E-state index contributed by atoms with van der Waals surface area (Å²) in [7, 11) is 0. The standard InChI is InChI=1S/C72H90O3/c1-9-17-31-51(13-5)47-63-57-39-27-29-41-59(57)65(49-53(15-7)33-19-11-3)69-61(63)43-45-67(73-55-35-23-21-24-36-55)71(69)75-72-68(74-56-37-25-22-26-38-56)46-44-62-64(48-52(14-6)32-18-10-2)58-40-28-30-42-60(58)66(70(62)72)50-54(16-8)34-20-12-4/h21-30,35-46,51-54H,9-20,31-34,47-50H2,1-8H3. The summed E-state index contributed by atoms with van der Waals surface area (Å²) in [5.74, 6) is 6.76. The molecule has 0 saturated carbocycles. The van der Waals surface area contributed by atoms with Gasteiger partial charge in [-0.05, 0) is 140 Å². The predicted molar refractivity (Wildman–Crippen MR) is 324 cm³/mol. The number of ether oxygens (including phenoxy) is 3. The number of unbranched alkanes of at least 4 members (excludes halogenated alkanes) is 4. The predicted octanol–water partition coefficient (Wildman–Crippen LogP) is 22.7. The van der Waals surface area contributed by atoms with Crippen molar-refractivity contribution in [3.05, 3.63) is 156 Å². The van der Waals surface area contributed by atoms with Gasteiger partial charge in [-0.3, -0.25) is 0 Å². The van der Waals surface area contributed by atoms with Crippen LogP contribution in [0.3, 0.4) is 0 Å². The van der Waals surface area contributed by atoms with E-state index in [-0.39, 0.29) is 0 Å². The van der Waals surface area contributed by atoms with Crippen molar-refractivity contribution in [3.63, 3.8) is 0 Å². The van der Waals surface area contributed by atoms with Crippen molar-refractivity contribution in [2.75, 3.05) is 0 Å². The molecule has 3 heteroatoms. The van der Waals surface area contributed by atoms with Gasteiger partial charge >= 0.3 is 0 Å². The van der Waals surface area contributed by atoms with Crippen molar-refractivity contribution < 1.29 is 14.2 Å². The molecule has 3 nitrogen and oxygen atoms in total. The minimum atomic E-state index is 0.519. The molecule has 0 fully saturated rings. The molecule has 0 aliphatic carbocycles. The van der Waals surface area contributed by atoms with Crippen LogP contribution in [-0.4, -0.2) is 0 Å². The van der Waals surface area contributed by atoms with Gasteiger partial charge in [0.05, 0.1) is 0 Å². The Morgan fingerprint density at radius 1 is 0.293 bits per heavy atom. The summed E-state index contributed by atoms with van der Waals surface area (Å²) < 4.78 is 22.7. The van der Waals surface area contributed by atoms with Crippen molar-refractivity contribution >= 4 is 43.1 Å². The van der Waals surface area contributed by atoms with Crippen LogP contribution in [0.25, 0.3) is 43.1 Å². The van der Waals surface area contributed by atoms with Gasteiger partial charge in [-0.1, -0.05) is 255 Å². The Hall–Kier alpha value is -5.80. The molecule has 0 spiro atoms. The summed E-state index contributed by atoms with van der Waals surface area (Å²) in [5, 5.41) is 10.4. The van der Waals surface area contributed by atoms with Gasteiger partial charge in [-0.25, -0.2) is 0 Å². The molecule has 0 aromatic heterocycles. The van der Waals surface area contributed by atoms with Crippen LogP contribution >= 0.6 is 0 Å². The van der Waals surface area contributed by atoms with Crippen molar-refractivity contribution in [2.24, 2.45) is 23.7 Å². The molecule has 8 aromatic rings. The summed E-state index contributed by atoms with van der Waals surface area (Å²) >= 11 is 0. The summed E-state index contributed by atoms with van der Waals surface area (Å²) in [6, 6.07) is 48.5. The SMILES string of the molecule is CCCCC(CC)Cc1c2ccccc2c(CC(CC)CCCC)c2c(Oc3c(Oc4ccccc4)ccc4c(CC(CC)CCCC)c5ccccc5c(CC(CC)CCCC)c34)c(Oc3ccccc3)ccc12. The Morgan fingerprint density at radius 2 is 0.587 bits per heavy atom. The van der Waals surface area contributed by atoms with E-state index >= 15 is 0 Å². The topological polar surface area (TPSA) is 27.7 Å². The molecule has 0 heterocycles. The zero-order valence-electron chi connectivity index (χ0n) is 47.4. The van der Waals surface area contributed by atoms with Crippen LogP contribution in [0.4, 0.5) is 0 Å². The molecule has 75 heavy (non-hydrogen) atoms. The molecule has 4 unspecified atom stereocenters. The first-order valence-electron chi connectivity index (χ1n) is 30.0. The summed E-state index contributed by atoms with van der Waals surface area (Å²) in [4.78, 5) is 0. The first kappa shape index (κ1) is 55.4. The second-order valence-corrected chi connectivity index (χ2v) is 22.1. The van der Waals surface area contributed by atoms with Crippen LogP contribution in [0.5, 0.6) is 34.5 Å². The van der Waals surface area contributed by atoms with Crippen molar-refractivity contribution in [2.45, 2.75) is 184 Å². The highest BCUT2D eigenvalue weighted by Crippen LogP contribution is 2.53. The van der Waals surface area contributed by atoms with E-state index in [0.717, 1.165) is 85.9 Å². The van der Waals surface area contributed by atoms with Crippen LogP contribution in [0.1, 0.15) is 180 Å². The fourth-order valence-corrected chi connectivity index (χ4v) is 12.3. The quantitative estimate of drug-likeness (QED) is 0.0420. The summed E-state index contributed by atoms with van der Waals surface area (Å²) in [6.07, 6.45) is 23.0. The number of hydrogen-bond acceptors (Lipinski definition) is 3. The third-order valence-electron chi connectivity index (χ3n) is 16.9. The molecule has 0 saturated heterocycles. The van der Waals surface area contributed by atoms with E-state index in [4.69, 9.17) is 14.2 Å². The van der Waals surface area contributed by atoms with E-state index in [0.29, 0.717) is 23.7 Å². The number of benzene rings is 8. The molecule has 0 bridgehead atoms. The lowest BCUT2D eigenvalue weighted by atomic mass is 9.81. The van der Waals surface area contributed by atoms with Crippen LogP contribution < -0.4 is 14.2 Å².